The van der Waals surface area contributed by atoms with Gasteiger partial charge in [0.05, 0.1) is 12.3 Å². The van der Waals surface area contributed by atoms with Crippen molar-refractivity contribution in [1.82, 2.24) is 36.8 Å². The van der Waals surface area contributed by atoms with Crippen LogP contribution in [0.25, 0.3) is 0 Å². The maximum atomic E-state index is 3.66. The van der Waals surface area contributed by atoms with E-state index in [0.29, 0.717) is 24.4 Å². The molecule has 4 aliphatic heterocycles. The number of nitrogens with one attached hydrogen (secondary N) is 6. The van der Waals surface area contributed by atoms with Crippen molar-refractivity contribution in [2.24, 2.45) is 0 Å². The molecule has 102 valence electrons. The van der Waals surface area contributed by atoms with Crippen LogP contribution in [-0.4, -0.2) is 74.9 Å². The Morgan fingerprint density at radius 3 is 1.72 bits per heavy atom. The highest BCUT2D eigenvalue weighted by atomic mass is 15.5. The Balaban J connectivity index is 1.46. The zero-order valence-corrected chi connectivity index (χ0v) is 10.6. The highest BCUT2D eigenvalue weighted by Crippen LogP contribution is 2.15. The summed E-state index contributed by atoms with van der Waals surface area (Å²) >= 11 is 0. The van der Waals surface area contributed by atoms with Crippen molar-refractivity contribution in [1.29, 1.82) is 0 Å². The summed E-state index contributed by atoms with van der Waals surface area (Å²) in [7, 11) is 0. The van der Waals surface area contributed by atoms with Crippen LogP contribution in [0.2, 0.25) is 0 Å². The highest BCUT2D eigenvalue weighted by molar-refractivity contribution is 5.01. The minimum atomic E-state index is 0.285. The molecular weight excluding hydrogens is 230 g/mol. The summed E-state index contributed by atoms with van der Waals surface area (Å²) in [6.07, 6.45) is 1.06. The van der Waals surface area contributed by atoms with Crippen LogP contribution in [0.15, 0.2) is 0 Å². The molecule has 18 heavy (non-hydrogen) atoms. The summed E-state index contributed by atoms with van der Waals surface area (Å²) in [5.41, 5.74) is 0. The smallest absolute Gasteiger partial charge is 0.117 e. The van der Waals surface area contributed by atoms with Crippen LogP contribution in [0, 0.1) is 0 Å². The maximum Gasteiger partial charge on any atom is 0.117 e. The molecule has 4 unspecified atom stereocenters. The van der Waals surface area contributed by atoms with Crippen LogP contribution in [0.3, 0.4) is 0 Å². The fourth-order valence-electron chi connectivity index (χ4n) is 3.57. The Hall–Kier alpha value is -0.280. The van der Waals surface area contributed by atoms with Crippen LogP contribution < -0.4 is 31.9 Å². The normalized spacial score (nSPS) is 49.0. The maximum absolute atomic E-state index is 3.66. The zero-order chi connectivity index (χ0) is 11.9. The van der Waals surface area contributed by atoms with Crippen molar-refractivity contribution in [3.8, 4) is 0 Å². The van der Waals surface area contributed by atoms with Crippen LogP contribution >= 0.6 is 0 Å². The fourth-order valence-corrected chi connectivity index (χ4v) is 3.57. The number of rotatable bonds is 0. The second-order valence-corrected chi connectivity index (χ2v) is 5.67. The standard InChI is InChI=1S/C11H23N7/c1-3-14-9-7(12-1)5-18-6-8-10(15-4-2-13-8)17-11(18)16-9/h7-17H,1-6H2. The average Bonchev–Trinajstić information content (AvgIpc) is 2.42. The molecule has 0 aliphatic carbocycles. The van der Waals surface area contributed by atoms with Crippen molar-refractivity contribution >= 4 is 0 Å². The average molecular weight is 253 g/mol. The van der Waals surface area contributed by atoms with E-state index in [2.05, 4.69) is 36.8 Å². The molecule has 7 heteroatoms. The summed E-state index contributed by atoms with van der Waals surface area (Å²) in [4.78, 5) is 2.50. The summed E-state index contributed by atoms with van der Waals surface area (Å²) in [6.45, 7) is 6.45. The quantitative estimate of drug-likeness (QED) is 0.268. The van der Waals surface area contributed by atoms with Gasteiger partial charge in [-0.25, -0.2) is 0 Å². The number of hydrogen-bond donors (Lipinski definition) is 6. The second-order valence-electron chi connectivity index (χ2n) is 5.67. The van der Waals surface area contributed by atoms with E-state index in [1.807, 2.05) is 0 Å². The molecule has 4 aliphatic rings. The van der Waals surface area contributed by atoms with E-state index >= 15 is 0 Å². The molecule has 4 saturated heterocycles. The second kappa shape index (κ2) is 4.68. The number of piperazine rings is 2. The van der Waals surface area contributed by atoms with Gasteiger partial charge >= 0.3 is 0 Å². The molecule has 7 nitrogen and oxygen atoms in total. The SMILES string of the molecule is C1CNC2NC3NC4NCCNC4CN3CC2N1. The first-order valence-corrected chi connectivity index (χ1v) is 7.10. The molecule has 0 bridgehead atoms. The van der Waals surface area contributed by atoms with E-state index in [0.717, 1.165) is 39.3 Å². The largest absolute Gasteiger partial charge is 0.309 e. The van der Waals surface area contributed by atoms with Gasteiger partial charge in [0.1, 0.15) is 6.29 Å². The summed E-state index contributed by atoms with van der Waals surface area (Å²) in [5.74, 6) is 0. The van der Waals surface area contributed by atoms with Gasteiger partial charge in [-0.05, 0) is 0 Å². The van der Waals surface area contributed by atoms with Gasteiger partial charge in [0, 0.05) is 51.4 Å². The van der Waals surface area contributed by atoms with Gasteiger partial charge in [-0.15, -0.1) is 0 Å². The van der Waals surface area contributed by atoms with Gasteiger partial charge in [-0.2, -0.15) is 0 Å². The molecular formula is C11H23N7. The molecule has 0 radical (unpaired) electrons. The van der Waals surface area contributed by atoms with Gasteiger partial charge in [0.15, 0.2) is 0 Å². The van der Waals surface area contributed by atoms with E-state index in [9.17, 15) is 0 Å². The van der Waals surface area contributed by atoms with Crippen molar-refractivity contribution in [3.63, 3.8) is 0 Å². The van der Waals surface area contributed by atoms with Crippen molar-refractivity contribution < 1.29 is 0 Å². The Morgan fingerprint density at radius 1 is 0.667 bits per heavy atom. The van der Waals surface area contributed by atoms with Gasteiger partial charge in [-0.1, -0.05) is 0 Å². The molecule has 4 fully saturated rings. The number of hydrogen-bond acceptors (Lipinski definition) is 7. The van der Waals surface area contributed by atoms with Crippen LogP contribution in [-0.2, 0) is 0 Å². The van der Waals surface area contributed by atoms with Crippen LogP contribution in [0.5, 0.6) is 0 Å². The van der Waals surface area contributed by atoms with Crippen LogP contribution in [0.1, 0.15) is 0 Å². The molecule has 4 heterocycles. The molecule has 0 aromatic rings. The predicted molar refractivity (Wildman–Crippen MR) is 68.8 cm³/mol. The monoisotopic (exact) mass is 253 g/mol. The van der Waals surface area contributed by atoms with E-state index in [1.54, 1.807) is 0 Å². The van der Waals surface area contributed by atoms with Gasteiger partial charge in [0.2, 0.25) is 0 Å². The molecule has 4 atom stereocenters. The Bertz CT molecular complexity index is 254. The minimum absolute atomic E-state index is 0.285. The van der Waals surface area contributed by atoms with Crippen molar-refractivity contribution in [2.75, 3.05) is 39.3 Å². The van der Waals surface area contributed by atoms with Gasteiger partial charge in [0.25, 0.3) is 0 Å². The first-order chi connectivity index (χ1) is 8.90. The predicted octanol–water partition coefficient (Wildman–Crippen LogP) is -3.45. The molecule has 4 rings (SSSR count). The summed E-state index contributed by atoms with van der Waals surface area (Å²) in [5, 5.41) is 21.6. The lowest BCUT2D eigenvalue weighted by Crippen LogP contribution is -2.82. The minimum Gasteiger partial charge on any atom is -0.309 e. The number of nitrogens with zero attached hydrogens (tertiary/aromatic N) is 1. The van der Waals surface area contributed by atoms with E-state index in [1.165, 1.54) is 0 Å². The summed E-state index contributed by atoms with van der Waals surface area (Å²) in [6, 6.07) is 1.04. The lowest BCUT2D eigenvalue weighted by molar-refractivity contribution is -0.0205. The molecule has 0 amide bonds. The molecule has 0 spiro atoms. The first kappa shape index (κ1) is 11.5. The third-order valence-electron chi connectivity index (χ3n) is 4.50. The van der Waals surface area contributed by atoms with Gasteiger partial charge in [-0.3, -0.25) is 26.2 Å². The highest BCUT2D eigenvalue weighted by Gasteiger charge is 2.42. The molecule has 0 aromatic carbocycles. The van der Waals surface area contributed by atoms with Crippen LogP contribution in [0.4, 0.5) is 0 Å². The fraction of sp³-hybridized carbons (Fsp3) is 1.00. The third-order valence-corrected chi connectivity index (χ3v) is 4.50. The molecule has 6 N–H and O–H groups in total. The van der Waals surface area contributed by atoms with E-state index in [4.69, 9.17) is 0 Å². The molecule has 0 saturated carbocycles. The van der Waals surface area contributed by atoms with Crippen molar-refractivity contribution in [2.45, 2.75) is 30.7 Å². The zero-order valence-electron chi connectivity index (χ0n) is 10.6. The Morgan fingerprint density at radius 2 is 1.17 bits per heavy atom. The lowest BCUT2D eigenvalue weighted by Gasteiger charge is -2.54. The Labute approximate surface area is 107 Å². The topological polar surface area (TPSA) is 75.4 Å². The summed E-state index contributed by atoms with van der Waals surface area (Å²) < 4.78 is 0. The first-order valence-electron chi connectivity index (χ1n) is 7.10. The number of fused-ring (bicyclic) bond motifs is 3. The van der Waals surface area contributed by atoms with Gasteiger partial charge < -0.3 is 10.6 Å². The lowest BCUT2D eigenvalue weighted by atomic mass is 10.0. The van der Waals surface area contributed by atoms with E-state index in [-0.39, 0.29) is 6.29 Å². The van der Waals surface area contributed by atoms with E-state index < -0.39 is 0 Å². The van der Waals surface area contributed by atoms with Crippen molar-refractivity contribution in [3.05, 3.63) is 0 Å². The Kier molecular flexibility index (Phi) is 3.00. The third kappa shape index (κ3) is 1.96. The molecule has 0 aromatic heterocycles.